The van der Waals surface area contributed by atoms with E-state index in [2.05, 4.69) is 34.2 Å². The second-order valence-electron chi connectivity index (χ2n) is 4.07. The van der Waals surface area contributed by atoms with Gasteiger partial charge in [-0.05, 0) is 56.1 Å². The Bertz CT molecular complexity index is 336. The number of hydrogen-bond acceptors (Lipinski definition) is 2. The Kier molecular flexibility index (Phi) is 3.65. The molecule has 82 valence electrons. The molecule has 1 aliphatic rings. The minimum Gasteiger partial charge on any atom is -0.494 e. The molecule has 1 saturated heterocycles. The quantitative estimate of drug-likeness (QED) is 0.908. The lowest BCUT2D eigenvalue weighted by atomic mass is 10.0. The molecule has 0 unspecified atom stereocenters. The number of halogens is 1. The molecule has 15 heavy (non-hydrogen) atoms. The number of benzene rings is 1. The van der Waals surface area contributed by atoms with Crippen LogP contribution in [0.5, 0.6) is 5.75 Å². The number of aryl methyl sites for hydroxylation is 1. The second kappa shape index (κ2) is 4.99. The summed E-state index contributed by atoms with van der Waals surface area (Å²) in [5, 5.41) is 3.26. The molecule has 0 bridgehead atoms. The molecule has 0 aromatic heterocycles. The third-order valence-electron chi connectivity index (χ3n) is 2.79. The topological polar surface area (TPSA) is 21.3 Å². The predicted molar refractivity (Wildman–Crippen MR) is 65.4 cm³/mol. The van der Waals surface area contributed by atoms with Crippen LogP contribution in [0.15, 0.2) is 22.7 Å². The average Bonchev–Trinajstić information content (AvgIpc) is 2.15. The van der Waals surface area contributed by atoms with Gasteiger partial charge in [-0.1, -0.05) is 15.9 Å². The molecule has 1 aromatic rings. The van der Waals surface area contributed by atoms with Crippen LogP contribution in [-0.4, -0.2) is 19.7 Å². The molecule has 3 heteroatoms. The van der Waals surface area contributed by atoms with E-state index < -0.39 is 0 Å². The van der Waals surface area contributed by atoms with Gasteiger partial charge in [0.05, 0.1) is 6.61 Å². The van der Waals surface area contributed by atoms with Crippen LogP contribution in [-0.2, 0) is 0 Å². The molecule has 0 spiro atoms. The molecule has 1 heterocycles. The molecule has 1 fully saturated rings. The van der Waals surface area contributed by atoms with Crippen molar-refractivity contribution in [2.45, 2.75) is 13.3 Å². The molecule has 1 aliphatic heterocycles. The highest BCUT2D eigenvalue weighted by molar-refractivity contribution is 9.10. The van der Waals surface area contributed by atoms with Gasteiger partial charge in [-0.25, -0.2) is 0 Å². The summed E-state index contributed by atoms with van der Waals surface area (Å²) in [7, 11) is 0. The first-order valence-corrected chi connectivity index (χ1v) is 6.14. The molecular formula is C12H16BrNO. The number of nitrogens with one attached hydrogen (secondary N) is 1. The number of ether oxygens (including phenoxy) is 1. The van der Waals surface area contributed by atoms with E-state index >= 15 is 0 Å². The Labute approximate surface area is 99.1 Å². The van der Waals surface area contributed by atoms with Crippen molar-refractivity contribution in [3.8, 4) is 5.75 Å². The molecule has 0 saturated carbocycles. The van der Waals surface area contributed by atoms with Gasteiger partial charge in [-0.15, -0.1) is 0 Å². The molecule has 1 aromatic carbocycles. The molecule has 2 nitrogen and oxygen atoms in total. The van der Waals surface area contributed by atoms with E-state index in [1.165, 1.54) is 5.56 Å². The van der Waals surface area contributed by atoms with E-state index in [1.807, 2.05) is 12.1 Å². The first-order valence-electron chi connectivity index (χ1n) is 5.35. The summed E-state index contributed by atoms with van der Waals surface area (Å²) >= 11 is 3.48. The first kappa shape index (κ1) is 11.0. The minimum absolute atomic E-state index is 0.821. The van der Waals surface area contributed by atoms with Crippen molar-refractivity contribution in [3.63, 3.8) is 0 Å². The normalized spacial score (nSPS) is 16.1. The molecule has 0 atom stereocenters. The third kappa shape index (κ3) is 2.95. The zero-order valence-corrected chi connectivity index (χ0v) is 10.5. The van der Waals surface area contributed by atoms with Crippen LogP contribution in [0.4, 0.5) is 0 Å². The Morgan fingerprint density at radius 1 is 1.47 bits per heavy atom. The summed E-state index contributed by atoms with van der Waals surface area (Å²) in [5.74, 6) is 1.80. The van der Waals surface area contributed by atoms with Gasteiger partial charge in [0.15, 0.2) is 0 Å². The SMILES string of the molecule is Cc1cc(OCCC2CNC2)ccc1Br. The van der Waals surface area contributed by atoms with Crippen molar-refractivity contribution in [1.82, 2.24) is 5.32 Å². The average molecular weight is 270 g/mol. The number of rotatable bonds is 4. The van der Waals surface area contributed by atoms with Crippen molar-refractivity contribution in [3.05, 3.63) is 28.2 Å². The van der Waals surface area contributed by atoms with Crippen molar-refractivity contribution in [2.24, 2.45) is 5.92 Å². The van der Waals surface area contributed by atoms with Crippen molar-refractivity contribution >= 4 is 15.9 Å². The highest BCUT2D eigenvalue weighted by atomic mass is 79.9. The standard InChI is InChI=1S/C12H16BrNO/c1-9-6-11(2-3-12(9)13)15-5-4-10-7-14-8-10/h2-3,6,10,14H,4-5,7-8H2,1H3. The van der Waals surface area contributed by atoms with Gasteiger partial charge in [0.2, 0.25) is 0 Å². The van der Waals surface area contributed by atoms with Gasteiger partial charge in [0.25, 0.3) is 0 Å². The molecule has 2 rings (SSSR count). The van der Waals surface area contributed by atoms with Crippen molar-refractivity contribution in [1.29, 1.82) is 0 Å². The van der Waals surface area contributed by atoms with Gasteiger partial charge in [0.1, 0.15) is 5.75 Å². The van der Waals surface area contributed by atoms with Crippen molar-refractivity contribution < 1.29 is 4.74 Å². The van der Waals surface area contributed by atoms with Crippen LogP contribution in [0.25, 0.3) is 0 Å². The smallest absolute Gasteiger partial charge is 0.119 e. The van der Waals surface area contributed by atoms with Crippen LogP contribution in [0, 0.1) is 12.8 Å². The lowest BCUT2D eigenvalue weighted by molar-refractivity contribution is 0.238. The fourth-order valence-corrected chi connectivity index (χ4v) is 1.85. The van der Waals surface area contributed by atoms with Crippen LogP contribution in [0.1, 0.15) is 12.0 Å². The van der Waals surface area contributed by atoms with Gasteiger partial charge in [0, 0.05) is 4.47 Å². The van der Waals surface area contributed by atoms with Crippen molar-refractivity contribution in [2.75, 3.05) is 19.7 Å². The summed E-state index contributed by atoms with van der Waals surface area (Å²) in [4.78, 5) is 0. The highest BCUT2D eigenvalue weighted by Crippen LogP contribution is 2.22. The fraction of sp³-hybridized carbons (Fsp3) is 0.500. The molecule has 1 N–H and O–H groups in total. The highest BCUT2D eigenvalue weighted by Gasteiger charge is 2.15. The van der Waals surface area contributed by atoms with Gasteiger partial charge in [-0.3, -0.25) is 0 Å². The summed E-state index contributed by atoms with van der Waals surface area (Å²) in [5.41, 5.74) is 1.22. The molecule has 0 radical (unpaired) electrons. The summed E-state index contributed by atoms with van der Waals surface area (Å²) < 4.78 is 6.84. The van der Waals surface area contributed by atoms with Gasteiger partial charge >= 0.3 is 0 Å². The zero-order valence-electron chi connectivity index (χ0n) is 8.92. The Morgan fingerprint density at radius 2 is 2.27 bits per heavy atom. The van der Waals surface area contributed by atoms with Gasteiger partial charge in [-0.2, -0.15) is 0 Å². The van der Waals surface area contributed by atoms with E-state index in [4.69, 9.17) is 4.74 Å². The van der Waals surface area contributed by atoms with Crippen LogP contribution in [0.3, 0.4) is 0 Å². The minimum atomic E-state index is 0.821. The lowest BCUT2D eigenvalue weighted by Crippen LogP contribution is -2.42. The zero-order chi connectivity index (χ0) is 10.7. The largest absolute Gasteiger partial charge is 0.494 e. The maximum absolute atomic E-state index is 5.70. The summed E-state index contributed by atoms with van der Waals surface area (Å²) in [6, 6.07) is 6.12. The fourth-order valence-electron chi connectivity index (χ4n) is 1.60. The monoisotopic (exact) mass is 269 g/mol. The maximum atomic E-state index is 5.70. The molecule has 0 aliphatic carbocycles. The molecular weight excluding hydrogens is 254 g/mol. The molecule has 0 amide bonds. The maximum Gasteiger partial charge on any atom is 0.119 e. The predicted octanol–water partition coefficient (Wildman–Crippen LogP) is 2.75. The Balaban J connectivity index is 1.79. The van der Waals surface area contributed by atoms with Gasteiger partial charge < -0.3 is 10.1 Å². The second-order valence-corrected chi connectivity index (χ2v) is 4.93. The first-order chi connectivity index (χ1) is 7.25. The lowest BCUT2D eigenvalue weighted by Gasteiger charge is -2.26. The van der Waals surface area contributed by atoms with E-state index in [1.54, 1.807) is 0 Å². The third-order valence-corrected chi connectivity index (χ3v) is 3.68. The summed E-state index contributed by atoms with van der Waals surface area (Å²) in [6.45, 7) is 5.21. The van der Waals surface area contributed by atoms with Crippen LogP contribution < -0.4 is 10.1 Å². The van der Waals surface area contributed by atoms with E-state index in [0.29, 0.717) is 0 Å². The van der Waals surface area contributed by atoms with E-state index in [0.717, 1.165) is 42.3 Å². The number of hydrogen-bond donors (Lipinski definition) is 1. The van der Waals surface area contributed by atoms with E-state index in [-0.39, 0.29) is 0 Å². The summed E-state index contributed by atoms with van der Waals surface area (Å²) in [6.07, 6.45) is 1.15. The Morgan fingerprint density at radius 3 is 2.87 bits per heavy atom. The van der Waals surface area contributed by atoms with Crippen LogP contribution in [0.2, 0.25) is 0 Å². The van der Waals surface area contributed by atoms with Crippen LogP contribution >= 0.6 is 15.9 Å². The Hall–Kier alpha value is -0.540. The van der Waals surface area contributed by atoms with E-state index in [9.17, 15) is 0 Å².